The first-order valence-corrected chi connectivity index (χ1v) is 8.19. The Morgan fingerprint density at radius 1 is 0.960 bits per heavy atom. The topological polar surface area (TPSA) is 107 Å². The molecule has 25 heavy (non-hydrogen) atoms. The molecule has 0 amide bonds. The zero-order chi connectivity index (χ0) is 16.8. The van der Waals surface area contributed by atoms with E-state index in [9.17, 15) is 14.4 Å². The van der Waals surface area contributed by atoms with E-state index >= 15 is 0 Å². The predicted molar refractivity (Wildman–Crippen MR) is 90.4 cm³/mol. The number of hydrogen-bond donors (Lipinski definition) is 2. The first kappa shape index (κ1) is 33.1. The summed E-state index contributed by atoms with van der Waals surface area (Å²) in [5, 5.41) is 8.49. The Balaban J connectivity index is -0.000000735. The Labute approximate surface area is 191 Å². The molecule has 0 aliphatic carbocycles. The van der Waals surface area contributed by atoms with Crippen molar-refractivity contribution < 1.29 is 73.3 Å². The molecule has 1 atom stereocenters. The Morgan fingerprint density at radius 3 is 1.84 bits per heavy atom. The van der Waals surface area contributed by atoms with Crippen LogP contribution in [0.2, 0.25) is 0 Å². The molecular formula is C16H30ClNNaO5Zn+3. The smallest absolute Gasteiger partial charge is 0.481 e. The zero-order valence-corrected chi connectivity index (χ0v) is 21.4. The van der Waals surface area contributed by atoms with Crippen LogP contribution in [-0.4, -0.2) is 29.1 Å². The molecule has 0 radical (unpaired) electrons. The molecule has 0 rings (SSSR count). The van der Waals surface area contributed by atoms with E-state index in [1.807, 2.05) is 0 Å². The summed E-state index contributed by atoms with van der Waals surface area (Å²) in [6.45, 7) is 2.19. The molecule has 6 nitrogen and oxygen atoms in total. The molecule has 9 heteroatoms. The molecule has 0 aliphatic heterocycles. The van der Waals surface area contributed by atoms with Crippen LogP contribution >= 0.6 is 12.4 Å². The van der Waals surface area contributed by atoms with E-state index in [0.717, 1.165) is 12.8 Å². The molecule has 0 spiro atoms. The number of esters is 2. The van der Waals surface area contributed by atoms with Gasteiger partial charge in [0.1, 0.15) is 6.04 Å². The van der Waals surface area contributed by atoms with E-state index in [-0.39, 0.29) is 67.9 Å². The van der Waals surface area contributed by atoms with E-state index in [4.69, 9.17) is 10.8 Å². The van der Waals surface area contributed by atoms with Gasteiger partial charge in [0.05, 0.1) is 6.42 Å². The second-order valence-electron chi connectivity index (χ2n) is 5.58. The molecule has 3 N–H and O–H groups in total. The van der Waals surface area contributed by atoms with Gasteiger partial charge in [0.15, 0.2) is 0 Å². The van der Waals surface area contributed by atoms with Gasteiger partial charge in [-0.25, -0.2) is 4.79 Å². The van der Waals surface area contributed by atoms with E-state index in [0.29, 0.717) is 6.42 Å². The normalized spacial score (nSPS) is 10.5. The standard InChI is InChI=1S/C16H29NO5.ClH.Na.Zn/c1-2-3-4-5-6-7-8-9-10-11-15(20)22-16(21)13(17)12-14(18)19;;;/h13H,2-12,17H2,1H3,(H,18,19);1H;;/q;;+1;+2/t13-;;;/m0.../s1. The van der Waals surface area contributed by atoms with Crippen molar-refractivity contribution in [3.8, 4) is 0 Å². The summed E-state index contributed by atoms with van der Waals surface area (Å²) in [5.41, 5.74) is 5.30. The van der Waals surface area contributed by atoms with Crippen molar-refractivity contribution >= 4 is 30.3 Å². The fourth-order valence-corrected chi connectivity index (χ4v) is 2.09. The van der Waals surface area contributed by atoms with Crippen LogP contribution in [0.4, 0.5) is 0 Å². The van der Waals surface area contributed by atoms with Gasteiger partial charge < -0.3 is 15.6 Å². The number of ether oxygens (including phenoxy) is 1. The third kappa shape index (κ3) is 22.4. The number of carboxylic acids is 1. The molecule has 0 saturated heterocycles. The molecule has 0 unspecified atom stereocenters. The molecule has 0 bridgehead atoms. The summed E-state index contributed by atoms with van der Waals surface area (Å²) in [4.78, 5) is 33.1. The number of aliphatic carboxylic acids is 1. The van der Waals surface area contributed by atoms with Gasteiger partial charge in [-0.05, 0) is 6.42 Å². The molecule has 0 heterocycles. The minimum atomic E-state index is -1.29. The van der Waals surface area contributed by atoms with Crippen molar-refractivity contribution in [2.45, 2.75) is 83.6 Å². The maximum absolute atomic E-state index is 11.4. The third-order valence-corrected chi connectivity index (χ3v) is 3.40. The van der Waals surface area contributed by atoms with Crippen LogP contribution in [0, 0.1) is 0 Å². The van der Waals surface area contributed by atoms with Crippen molar-refractivity contribution in [2.75, 3.05) is 0 Å². The van der Waals surface area contributed by atoms with Gasteiger partial charge in [0, 0.05) is 6.42 Å². The Bertz CT molecular complexity index is 361. The molecule has 0 saturated carbocycles. The SMILES string of the molecule is CCCCCCCCCCCC(=O)OC(=O)[C@@H](N)CC(=O)O.Cl.[Na+].[Zn+2]. The van der Waals surface area contributed by atoms with Gasteiger partial charge in [0.2, 0.25) is 0 Å². The molecule has 0 aromatic heterocycles. The summed E-state index contributed by atoms with van der Waals surface area (Å²) in [5.74, 6) is -2.80. The van der Waals surface area contributed by atoms with Gasteiger partial charge in [0.25, 0.3) is 0 Å². The van der Waals surface area contributed by atoms with Gasteiger partial charge >= 0.3 is 66.9 Å². The quantitative estimate of drug-likeness (QED) is 0.184. The summed E-state index contributed by atoms with van der Waals surface area (Å²) in [6, 6.07) is -1.29. The molecule has 0 fully saturated rings. The van der Waals surface area contributed by atoms with E-state index in [1.54, 1.807) is 0 Å². The van der Waals surface area contributed by atoms with Crippen molar-refractivity contribution in [1.29, 1.82) is 0 Å². The second kappa shape index (κ2) is 22.5. The molecular weight excluding hydrogens is 410 g/mol. The number of carboxylic acid groups (broad SMARTS) is 1. The molecule has 0 aliphatic rings. The Morgan fingerprint density at radius 2 is 1.40 bits per heavy atom. The maximum Gasteiger partial charge on any atom is 2.00 e. The van der Waals surface area contributed by atoms with Crippen LogP contribution in [0.15, 0.2) is 0 Å². The van der Waals surface area contributed by atoms with Crippen LogP contribution in [0.25, 0.3) is 0 Å². The third-order valence-electron chi connectivity index (χ3n) is 3.40. The molecule has 136 valence electrons. The molecule has 0 aromatic rings. The maximum atomic E-state index is 11.4. The number of nitrogens with two attached hydrogens (primary N) is 1. The van der Waals surface area contributed by atoms with E-state index in [1.165, 1.54) is 38.5 Å². The van der Waals surface area contributed by atoms with Crippen LogP contribution in [-0.2, 0) is 38.6 Å². The average Bonchev–Trinajstić information content (AvgIpc) is 2.44. The average molecular weight is 440 g/mol. The Kier molecular flexibility index (Phi) is 29.8. The van der Waals surface area contributed by atoms with E-state index < -0.39 is 30.4 Å². The van der Waals surface area contributed by atoms with Crippen molar-refractivity contribution in [3.05, 3.63) is 0 Å². The number of rotatable bonds is 13. The molecule has 0 aromatic carbocycles. The minimum Gasteiger partial charge on any atom is -0.481 e. The van der Waals surface area contributed by atoms with E-state index in [2.05, 4.69) is 11.7 Å². The van der Waals surface area contributed by atoms with Crippen LogP contribution in [0.1, 0.15) is 77.6 Å². The zero-order valence-electron chi connectivity index (χ0n) is 15.6. The predicted octanol–water partition coefficient (Wildman–Crippen LogP) is 0.202. The number of hydrogen-bond acceptors (Lipinski definition) is 5. The van der Waals surface area contributed by atoms with Gasteiger partial charge in [-0.15, -0.1) is 12.4 Å². The number of carbonyl (C=O) groups is 3. The van der Waals surface area contributed by atoms with Crippen LogP contribution < -0.4 is 35.3 Å². The minimum absolute atomic E-state index is 0. The van der Waals surface area contributed by atoms with Crippen molar-refractivity contribution in [1.82, 2.24) is 0 Å². The van der Waals surface area contributed by atoms with Gasteiger partial charge in [-0.1, -0.05) is 58.3 Å². The van der Waals surface area contributed by atoms with Crippen molar-refractivity contribution in [2.24, 2.45) is 5.73 Å². The fourth-order valence-electron chi connectivity index (χ4n) is 2.09. The number of carbonyl (C=O) groups excluding carboxylic acids is 2. The fraction of sp³-hybridized carbons (Fsp3) is 0.812. The summed E-state index contributed by atoms with van der Waals surface area (Å²) in [6.07, 6.45) is 9.81. The number of unbranched alkanes of at least 4 members (excludes halogenated alkanes) is 8. The van der Waals surface area contributed by atoms with Crippen molar-refractivity contribution in [3.63, 3.8) is 0 Å². The largest absolute Gasteiger partial charge is 2.00 e. The van der Waals surface area contributed by atoms with Crippen LogP contribution in [0.3, 0.4) is 0 Å². The van der Waals surface area contributed by atoms with Gasteiger partial charge in [-0.3, -0.25) is 9.59 Å². The van der Waals surface area contributed by atoms with Crippen LogP contribution in [0.5, 0.6) is 0 Å². The summed E-state index contributed by atoms with van der Waals surface area (Å²) >= 11 is 0. The monoisotopic (exact) mass is 438 g/mol. The first-order valence-electron chi connectivity index (χ1n) is 8.19. The first-order chi connectivity index (χ1) is 10.5. The Hall–Kier alpha value is 0.483. The number of halogens is 1. The summed E-state index contributed by atoms with van der Waals surface area (Å²) < 4.78 is 4.52. The summed E-state index contributed by atoms with van der Waals surface area (Å²) in [7, 11) is 0. The second-order valence-corrected chi connectivity index (χ2v) is 5.58. The van der Waals surface area contributed by atoms with Gasteiger partial charge in [-0.2, -0.15) is 0 Å².